The molecule has 0 fully saturated rings. The number of aliphatic imine (C=N–C) groups is 1. The van der Waals surface area contributed by atoms with E-state index in [1.54, 1.807) is 25.1 Å². The maximum atomic E-state index is 12.4. The SMILES string of the molecule is CC1=C(C(=O)O)C(c2ccccc2OCc2ccccc2)N2C=C(c3c(Cl)cccc3Cl)SC2=N1. The van der Waals surface area contributed by atoms with Crippen molar-refractivity contribution in [2.24, 2.45) is 4.99 Å². The highest BCUT2D eigenvalue weighted by Gasteiger charge is 2.40. The third-order valence-corrected chi connectivity index (χ3v) is 7.42. The van der Waals surface area contributed by atoms with Gasteiger partial charge >= 0.3 is 5.97 Å². The second kappa shape index (κ2) is 9.82. The zero-order valence-corrected chi connectivity index (χ0v) is 20.9. The fourth-order valence-corrected chi connectivity index (χ4v) is 6.01. The number of carboxylic acid groups (broad SMARTS) is 1. The number of thioether (sulfide) groups is 1. The minimum Gasteiger partial charge on any atom is -0.489 e. The first-order valence-electron chi connectivity index (χ1n) is 10.8. The standard InChI is InChI=1S/C27H20Cl2N2O3S/c1-16-23(26(32)33)25(18-10-5-6-13-21(18)34-15-17-8-3-2-4-9-17)31-14-22(35-27(31)30-16)24-19(28)11-7-12-20(24)29/h2-14,25H,15H2,1H3,(H,32,33). The van der Waals surface area contributed by atoms with Gasteiger partial charge in [-0.05, 0) is 42.4 Å². The van der Waals surface area contributed by atoms with Gasteiger partial charge in [-0.1, -0.05) is 77.8 Å². The summed E-state index contributed by atoms with van der Waals surface area (Å²) in [5.41, 5.74) is 3.08. The van der Waals surface area contributed by atoms with Crippen LogP contribution < -0.4 is 4.74 Å². The van der Waals surface area contributed by atoms with Gasteiger partial charge in [0.05, 0.1) is 27.4 Å². The van der Waals surface area contributed by atoms with Crippen LogP contribution >= 0.6 is 35.0 Å². The van der Waals surface area contributed by atoms with E-state index < -0.39 is 12.0 Å². The summed E-state index contributed by atoms with van der Waals surface area (Å²) in [6.45, 7) is 2.08. The highest BCUT2D eigenvalue weighted by atomic mass is 35.5. The summed E-state index contributed by atoms with van der Waals surface area (Å²) >= 11 is 14.4. The molecule has 0 saturated heterocycles. The van der Waals surface area contributed by atoms with Gasteiger partial charge in [-0.25, -0.2) is 9.79 Å². The summed E-state index contributed by atoms with van der Waals surface area (Å²) < 4.78 is 6.19. The number of para-hydroxylation sites is 1. The third kappa shape index (κ3) is 4.57. The summed E-state index contributed by atoms with van der Waals surface area (Å²) in [4.78, 5) is 19.7. The maximum Gasteiger partial charge on any atom is 0.335 e. The van der Waals surface area contributed by atoms with Crippen molar-refractivity contribution in [1.29, 1.82) is 0 Å². The van der Waals surface area contributed by atoms with Crippen molar-refractivity contribution in [3.05, 3.63) is 117 Å². The Hall–Kier alpha value is -3.19. The lowest BCUT2D eigenvalue weighted by atomic mass is 9.94. The van der Waals surface area contributed by atoms with Crippen LogP contribution in [0.4, 0.5) is 0 Å². The number of carboxylic acids is 1. The lowest BCUT2D eigenvalue weighted by Crippen LogP contribution is -2.33. The highest BCUT2D eigenvalue weighted by molar-refractivity contribution is 8.22. The fraction of sp³-hybridized carbons (Fsp3) is 0.111. The molecular formula is C27H20Cl2N2O3S. The maximum absolute atomic E-state index is 12.4. The average molecular weight is 523 g/mol. The number of amidine groups is 1. The van der Waals surface area contributed by atoms with Gasteiger partial charge < -0.3 is 14.7 Å². The Morgan fingerprint density at radius 1 is 1.03 bits per heavy atom. The van der Waals surface area contributed by atoms with E-state index in [-0.39, 0.29) is 5.57 Å². The van der Waals surface area contributed by atoms with Crippen molar-refractivity contribution in [2.45, 2.75) is 19.6 Å². The van der Waals surface area contributed by atoms with Crippen LogP contribution in [-0.2, 0) is 11.4 Å². The predicted molar refractivity (Wildman–Crippen MR) is 142 cm³/mol. The fourth-order valence-electron chi connectivity index (χ4n) is 4.16. The number of halogens is 2. The van der Waals surface area contributed by atoms with E-state index in [4.69, 9.17) is 27.9 Å². The Bertz CT molecular complexity index is 1380. The van der Waals surface area contributed by atoms with Crippen LogP contribution in [0.2, 0.25) is 10.0 Å². The van der Waals surface area contributed by atoms with E-state index in [1.807, 2.05) is 65.7 Å². The van der Waals surface area contributed by atoms with Crippen LogP contribution in [0.3, 0.4) is 0 Å². The molecule has 2 heterocycles. The Balaban J connectivity index is 1.58. The molecule has 1 atom stereocenters. The molecule has 2 aliphatic rings. The van der Waals surface area contributed by atoms with Gasteiger partial charge in [-0.3, -0.25) is 0 Å². The molecule has 0 spiro atoms. The van der Waals surface area contributed by atoms with Crippen molar-refractivity contribution in [1.82, 2.24) is 4.90 Å². The summed E-state index contributed by atoms with van der Waals surface area (Å²) in [5.74, 6) is -0.424. The van der Waals surface area contributed by atoms with Gasteiger partial charge in [-0.15, -0.1) is 0 Å². The van der Waals surface area contributed by atoms with Crippen LogP contribution in [0.5, 0.6) is 5.75 Å². The Labute approximate surface area is 217 Å². The molecule has 0 saturated carbocycles. The molecule has 3 aromatic carbocycles. The topological polar surface area (TPSA) is 62.1 Å². The van der Waals surface area contributed by atoms with Gasteiger partial charge in [0.1, 0.15) is 12.4 Å². The molecule has 0 bridgehead atoms. The highest BCUT2D eigenvalue weighted by Crippen LogP contribution is 2.50. The van der Waals surface area contributed by atoms with Crippen molar-refractivity contribution in [3.8, 4) is 5.75 Å². The van der Waals surface area contributed by atoms with E-state index in [0.29, 0.717) is 38.8 Å². The number of rotatable bonds is 6. The number of aliphatic carboxylic acids is 1. The predicted octanol–water partition coefficient (Wildman–Crippen LogP) is 7.39. The second-order valence-corrected chi connectivity index (χ2v) is 9.84. The Kier molecular flexibility index (Phi) is 6.60. The molecule has 5 rings (SSSR count). The largest absolute Gasteiger partial charge is 0.489 e. The van der Waals surface area contributed by atoms with Crippen molar-refractivity contribution >= 4 is 51.0 Å². The molecule has 0 radical (unpaired) electrons. The second-order valence-electron chi connectivity index (χ2n) is 8.01. The average Bonchev–Trinajstić information content (AvgIpc) is 3.25. The van der Waals surface area contributed by atoms with E-state index in [2.05, 4.69) is 4.99 Å². The summed E-state index contributed by atoms with van der Waals surface area (Å²) in [6, 6.07) is 22.0. The van der Waals surface area contributed by atoms with E-state index in [0.717, 1.165) is 16.0 Å². The first kappa shape index (κ1) is 23.5. The first-order valence-corrected chi connectivity index (χ1v) is 12.4. The van der Waals surface area contributed by atoms with Crippen LogP contribution in [0, 0.1) is 0 Å². The molecule has 8 heteroatoms. The van der Waals surface area contributed by atoms with Crippen LogP contribution in [-0.4, -0.2) is 21.1 Å². The number of ether oxygens (including phenoxy) is 1. The van der Waals surface area contributed by atoms with Crippen LogP contribution in [0.1, 0.15) is 29.7 Å². The minimum atomic E-state index is -1.03. The quantitative estimate of drug-likeness (QED) is 0.365. The summed E-state index contributed by atoms with van der Waals surface area (Å²) in [6.07, 6.45) is 1.87. The number of benzene rings is 3. The lowest BCUT2D eigenvalue weighted by Gasteiger charge is -2.33. The molecule has 35 heavy (non-hydrogen) atoms. The molecule has 1 unspecified atom stereocenters. The monoisotopic (exact) mass is 522 g/mol. The first-order chi connectivity index (χ1) is 16.9. The van der Waals surface area contributed by atoms with E-state index in [9.17, 15) is 9.90 Å². The molecule has 176 valence electrons. The van der Waals surface area contributed by atoms with Gasteiger partial charge in [0.25, 0.3) is 0 Å². The zero-order valence-electron chi connectivity index (χ0n) is 18.6. The van der Waals surface area contributed by atoms with Gasteiger partial charge in [0, 0.05) is 22.2 Å². The number of hydrogen-bond acceptors (Lipinski definition) is 5. The Morgan fingerprint density at radius 3 is 2.43 bits per heavy atom. The molecule has 0 amide bonds. The number of carbonyl (C=O) groups is 1. The van der Waals surface area contributed by atoms with Gasteiger partial charge in [0.2, 0.25) is 0 Å². The number of nitrogens with zero attached hydrogens (tertiary/aromatic N) is 2. The molecule has 0 aliphatic carbocycles. The summed E-state index contributed by atoms with van der Waals surface area (Å²) in [5, 5.41) is 11.9. The smallest absolute Gasteiger partial charge is 0.335 e. The molecule has 3 aromatic rings. The van der Waals surface area contributed by atoms with Gasteiger partial charge in [0.15, 0.2) is 5.17 Å². The molecular weight excluding hydrogens is 503 g/mol. The number of fused-ring (bicyclic) bond motifs is 1. The van der Waals surface area contributed by atoms with Crippen molar-refractivity contribution in [3.63, 3.8) is 0 Å². The lowest BCUT2D eigenvalue weighted by molar-refractivity contribution is -0.133. The molecule has 5 nitrogen and oxygen atoms in total. The Morgan fingerprint density at radius 2 is 1.71 bits per heavy atom. The van der Waals surface area contributed by atoms with E-state index in [1.165, 1.54) is 11.8 Å². The summed E-state index contributed by atoms with van der Waals surface area (Å²) in [7, 11) is 0. The normalized spacial score (nSPS) is 17.1. The van der Waals surface area contributed by atoms with Gasteiger partial charge in [-0.2, -0.15) is 0 Å². The third-order valence-electron chi connectivity index (χ3n) is 5.77. The van der Waals surface area contributed by atoms with Crippen molar-refractivity contribution in [2.75, 3.05) is 0 Å². The van der Waals surface area contributed by atoms with Crippen LogP contribution in [0.15, 0.2) is 95.3 Å². The molecule has 2 aliphatic heterocycles. The number of hydrogen-bond donors (Lipinski definition) is 1. The molecule has 0 aromatic heterocycles. The van der Waals surface area contributed by atoms with Crippen LogP contribution in [0.25, 0.3) is 4.91 Å². The number of allylic oxidation sites excluding steroid dienone is 1. The van der Waals surface area contributed by atoms with Crippen molar-refractivity contribution < 1.29 is 14.6 Å². The molecule has 1 N–H and O–H groups in total. The minimum absolute atomic E-state index is 0.188. The van der Waals surface area contributed by atoms with E-state index >= 15 is 0 Å². The zero-order chi connectivity index (χ0) is 24.5.